The summed E-state index contributed by atoms with van der Waals surface area (Å²) in [5.74, 6) is 5.36. The number of hydrazine groups is 1. The van der Waals surface area contributed by atoms with Crippen LogP contribution < -0.4 is 16.6 Å². The van der Waals surface area contributed by atoms with Crippen molar-refractivity contribution in [1.82, 2.24) is 10.1 Å². The smallest absolute Gasteiger partial charge is 0.324 e. The van der Waals surface area contributed by atoms with E-state index in [2.05, 4.69) is 20.9 Å². The maximum absolute atomic E-state index is 11.7. The third-order valence-electron chi connectivity index (χ3n) is 2.06. The highest BCUT2D eigenvalue weighted by molar-refractivity contribution is 6.03. The first-order chi connectivity index (χ1) is 8.19. The van der Waals surface area contributed by atoms with Crippen LogP contribution >= 0.6 is 0 Å². The molecule has 1 amide bonds. The number of aryl methyl sites for hydroxylation is 1. The summed E-state index contributed by atoms with van der Waals surface area (Å²) in [6.07, 6.45) is 0. The molecule has 0 fully saturated rings. The number of anilines is 2. The molecule has 1 heterocycles. The van der Waals surface area contributed by atoms with E-state index in [1.165, 1.54) is 0 Å². The summed E-state index contributed by atoms with van der Waals surface area (Å²) in [6, 6.07) is 6.72. The Labute approximate surface area is 97.0 Å². The number of amides is 1. The zero-order chi connectivity index (χ0) is 12.3. The normalized spacial score (nSPS) is 10.0. The van der Waals surface area contributed by atoms with Crippen LogP contribution in [0.1, 0.15) is 16.2 Å². The Hall–Kier alpha value is -2.41. The highest BCUT2D eigenvalue weighted by Gasteiger charge is 2.09. The molecule has 88 valence electrons. The molecule has 1 aromatic heterocycles. The van der Waals surface area contributed by atoms with E-state index in [-0.39, 0.29) is 11.9 Å². The molecule has 0 radical (unpaired) electrons. The van der Waals surface area contributed by atoms with Crippen molar-refractivity contribution in [3.63, 3.8) is 0 Å². The van der Waals surface area contributed by atoms with Crippen LogP contribution in [0, 0.1) is 6.92 Å². The molecule has 0 unspecified atom stereocenters. The predicted molar refractivity (Wildman–Crippen MR) is 61.2 cm³/mol. The molecule has 0 aliphatic carbocycles. The summed E-state index contributed by atoms with van der Waals surface area (Å²) in [4.78, 5) is 15.6. The van der Waals surface area contributed by atoms with Crippen molar-refractivity contribution in [2.75, 3.05) is 10.7 Å². The molecule has 7 heteroatoms. The summed E-state index contributed by atoms with van der Waals surface area (Å²) in [5, 5.41) is 6.05. The van der Waals surface area contributed by atoms with Crippen molar-refractivity contribution in [2.24, 2.45) is 5.84 Å². The lowest BCUT2D eigenvalue weighted by Crippen LogP contribution is -2.12. The average Bonchev–Trinajstić information content (AvgIpc) is 2.75. The van der Waals surface area contributed by atoms with E-state index in [0.717, 1.165) is 5.69 Å². The number of benzene rings is 1. The fraction of sp³-hybridized carbons (Fsp3) is 0.100. The Morgan fingerprint density at radius 2 is 2.06 bits per heavy atom. The van der Waals surface area contributed by atoms with Crippen molar-refractivity contribution in [1.29, 1.82) is 0 Å². The van der Waals surface area contributed by atoms with Crippen LogP contribution in [0.5, 0.6) is 0 Å². The van der Waals surface area contributed by atoms with Gasteiger partial charge < -0.3 is 9.95 Å². The van der Waals surface area contributed by atoms with E-state index < -0.39 is 0 Å². The second kappa shape index (κ2) is 4.62. The van der Waals surface area contributed by atoms with Crippen LogP contribution in [0.4, 0.5) is 11.7 Å². The van der Waals surface area contributed by atoms with Crippen molar-refractivity contribution < 1.29 is 9.32 Å². The molecule has 0 aliphatic rings. The summed E-state index contributed by atoms with van der Waals surface area (Å²) < 4.78 is 4.78. The van der Waals surface area contributed by atoms with Gasteiger partial charge in [0.2, 0.25) is 0 Å². The van der Waals surface area contributed by atoms with Crippen LogP contribution in [0.3, 0.4) is 0 Å². The molecule has 1 aromatic carbocycles. The first-order valence-corrected chi connectivity index (χ1v) is 4.87. The minimum atomic E-state index is -0.322. The van der Waals surface area contributed by atoms with E-state index in [4.69, 9.17) is 10.4 Å². The molecular formula is C10H11N5O2. The highest BCUT2D eigenvalue weighted by Crippen LogP contribution is 2.10. The van der Waals surface area contributed by atoms with Gasteiger partial charge in [-0.05, 0) is 31.2 Å². The van der Waals surface area contributed by atoms with Gasteiger partial charge in [-0.15, -0.1) is 0 Å². The Bertz CT molecular complexity index is 520. The van der Waals surface area contributed by atoms with Crippen molar-refractivity contribution in [3.8, 4) is 0 Å². The second-order valence-electron chi connectivity index (χ2n) is 3.32. The fourth-order valence-corrected chi connectivity index (χ4v) is 1.23. The first kappa shape index (κ1) is 11.1. The van der Waals surface area contributed by atoms with Crippen LogP contribution in [0.2, 0.25) is 0 Å². The van der Waals surface area contributed by atoms with E-state index >= 15 is 0 Å². The second-order valence-corrected chi connectivity index (χ2v) is 3.32. The maximum atomic E-state index is 11.7. The van der Waals surface area contributed by atoms with Crippen LogP contribution in [-0.4, -0.2) is 16.0 Å². The molecule has 2 aromatic rings. The van der Waals surface area contributed by atoms with Gasteiger partial charge in [-0.3, -0.25) is 16.0 Å². The number of carbonyl (C=O) groups excluding carboxylic acids is 1. The number of rotatable bonds is 3. The maximum Gasteiger partial charge on any atom is 0.328 e. The number of nitrogens with zero attached hydrogens (tertiary/aromatic N) is 2. The number of nitrogens with two attached hydrogens (primary N) is 1. The van der Waals surface area contributed by atoms with Gasteiger partial charge in [0.25, 0.3) is 5.91 Å². The average molecular weight is 233 g/mol. The van der Waals surface area contributed by atoms with Gasteiger partial charge >= 0.3 is 6.01 Å². The molecular weight excluding hydrogens is 222 g/mol. The van der Waals surface area contributed by atoms with Crippen molar-refractivity contribution in [3.05, 3.63) is 35.7 Å². The molecule has 0 saturated carbocycles. The minimum absolute atomic E-state index is 0.0773. The zero-order valence-electron chi connectivity index (χ0n) is 9.10. The quantitative estimate of drug-likeness (QED) is 0.537. The molecule has 17 heavy (non-hydrogen) atoms. The largest absolute Gasteiger partial charge is 0.328 e. The summed E-state index contributed by atoms with van der Waals surface area (Å²) in [6.45, 7) is 1.67. The zero-order valence-corrected chi connectivity index (χ0v) is 9.10. The van der Waals surface area contributed by atoms with Crippen LogP contribution in [0.15, 0.2) is 28.8 Å². The first-order valence-electron chi connectivity index (χ1n) is 4.87. The van der Waals surface area contributed by atoms with Gasteiger partial charge in [0, 0.05) is 11.3 Å². The standard InChI is InChI=1S/C10H11N5O2/c1-6-12-10(17-15-6)13-9(16)7-2-4-8(14-11)5-3-7/h2-5,14H,11H2,1H3,(H,12,13,15,16). The SMILES string of the molecule is Cc1noc(NC(=O)c2ccc(NN)cc2)n1. The van der Waals surface area contributed by atoms with Gasteiger partial charge in [-0.25, -0.2) is 0 Å². The highest BCUT2D eigenvalue weighted by atomic mass is 16.5. The van der Waals surface area contributed by atoms with Gasteiger partial charge in [0.1, 0.15) is 0 Å². The lowest BCUT2D eigenvalue weighted by Gasteiger charge is -2.02. The van der Waals surface area contributed by atoms with E-state index in [1.807, 2.05) is 0 Å². The lowest BCUT2D eigenvalue weighted by atomic mass is 10.2. The molecule has 0 saturated heterocycles. The lowest BCUT2D eigenvalue weighted by molar-refractivity contribution is 0.102. The summed E-state index contributed by atoms with van der Waals surface area (Å²) in [7, 11) is 0. The molecule has 0 aliphatic heterocycles. The fourth-order valence-electron chi connectivity index (χ4n) is 1.23. The van der Waals surface area contributed by atoms with Gasteiger partial charge in [-0.1, -0.05) is 5.16 Å². The summed E-state index contributed by atoms with van der Waals surface area (Å²) >= 11 is 0. The molecule has 7 nitrogen and oxygen atoms in total. The summed E-state index contributed by atoms with van der Waals surface area (Å²) in [5.41, 5.74) is 3.66. The third-order valence-corrected chi connectivity index (χ3v) is 2.06. The molecule has 2 rings (SSSR count). The topological polar surface area (TPSA) is 106 Å². The van der Waals surface area contributed by atoms with Crippen molar-refractivity contribution >= 4 is 17.6 Å². The molecule has 0 atom stereocenters. The molecule has 0 spiro atoms. The van der Waals surface area contributed by atoms with Crippen LogP contribution in [0.25, 0.3) is 0 Å². The van der Waals surface area contributed by atoms with E-state index in [9.17, 15) is 4.79 Å². The number of carbonyl (C=O) groups is 1. The monoisotopic (exact) mass is 233 g/mol. The molecule has 4 N–H and O–H groups in total. The minimum Gasteiger partial charge on any atom is -0.324 e. The Morgan fingerprint density at radius 3 is 2.59 bits per heavy atom. The van der Waals surface area contributed by atoms with Gasteiger partial charge in [0.15, 0.2) is 5.82 Å². The van der Waals surface area contributed by atoms with E-state index in [1.54, 1.807) is 31.2 Å². The number of hydrogen-bond donors (Lipinski definition) is 3. The van der Waals surface area contributed by atoms with Crippen LogP contribution in [-0.2, 0) is 0 Å². The number of hydrogen-bond acceptors (Lipinski definition) is 6. The van der Waals surface area contributed by atoms with Gasteiger partial charge in [0.05, 0.1) is 0 Å². The van der Waals surface area contributed by atoms with E-state index in [0.29, 0.717) is 11.4 Å². The number of nitrogens with one attached hydrogen (secondary N) is 2. The number of aromatic nitrogens is 2. The molecule has 0 bridgehead atoms. The van der Waals surface area contributed by atoms with Crippen molar-refractivity contribution in [2.45, 2.75) is 6.92 Å². The number of nitrogen functional groups attached to an aromatic ring is 1. The Morgan fingerprint density at radius 1 is 1.35 bits per heavy atom. The van der Waals surface area contributed by atoms with Gasteiger partial charge in [-0.2, -0.15) is 4.98 Å². The predicted octanol–water partition coefficient (Wildman–Crippen LogP) is 0.916. The Kier molecular flexibility index (Phi) is 3.01. The third kappa shape index (κ3) is 2.58. The Balaban J connectivity index is 2.09.